The van der Waals surface area contributed by atoms with Gasteiger partial charge in [-0.15, -0.1) is 10.2 Å². The van der Waals surface area contributed by atoms with Gasteiger partial charge in [0.25, 0.3) is 0 Å². The zero-order valence-corrected chi connectivity index (χ0v) is 16.4. The number of aromatic nitrogens is 2. The molecule has 7 nitrogen and oxygen atoms in total. The van der Waals surface area contributed by atoms with E-state index in [9.17, 15) is 4.79 Å². The zero-order chi connectivity index (χ0) is 19.4. The number of nitrogens with one attached hydrogen (secondary N) is 1. The first-order valence-electron chi connectivity index (χ1n) is 9.13. The Labute approximate surface area is 160 Å². The maximum atomic E-state index is 12.8. The van der Waals surface area contributed by atoms with Gasteiger partial charge in [0.1, 0.15) is 5.75 Å². The van der Waals surface area contributed by atoms with Crippen LogP contribution in [0.4, 0.5) is 17.3 Å². The van der Waals surface area contributed by atoms with E-state index >= 15 is 0 Å². The largest absolute Gasteiger partial charge is 0.497 e. The Morgan fingerprint density at radius 1 is 1.11 bits per heavy atom. The number of anilines is 3. The van der Waals surface area contributed by atoms with Crippen LogP contribution in [0.5, 0.6) is 5.75 Å². The van der Waals surface area contributed by atoms with E-state index in [-0.39, 0.29) is 5.91 Å². The number of ether oxygens (including phenoxy) is 1. The van der Waals surface area contributed by atoms with Crippen LogP contribution in [0, 0.1) is 5.41 Å². The fourth-order valence-electron chi connectivity index (χ4n) is 3.14. The number of amides is 1. The summed E-state index contributed by atoms with van der Waals surface area (Å²) in [5.41, 5.74) is 0.391. The van der Waals surface area contributed by atoms with Crippen molar-refractivity contribution in [3.63, 3.8) is 0 Å². The topological polar surface area (TPSA) is 70.6 Å². The molecule has 1 saturated heterocycles. The smallest absolute Gasteiger partial charge is 0.230 e. The van der Waals surface area contributed by atoms with Gasteiger partial charge < -0.3 is 19.9 Å². The van der Waals surface area contributed by atoms with E-state index in [0.29, 0.717) is 0 Å². The van der Waals surface area contributed by atoms with Gasteiger partial charge in [-0.3, -0.25) is 4.79 Å². The predicted octanol–water partition coefficient (Wildman–Crippen LogP) is 2.80. The van der Waals surface area contributed by atoms with Gasteiger partial charge in [-0.25, -0.2) is 0 Å². The van der Waals surface area contributed by atoms with Crippen LogP contribution in [0.1, 0.15) is 19.8 Å². The maximum absolute atomic E-state index is 12.8. The van der Waals surface area contributed by atoms with Crippen LogP contribution in [0.15, 0.2) is 36.4 Å². The summed E-state index contributed by atoms with van der Waals surface area (Å²) >= 11 is 0. The van der Waals surface area contributed by atoms with Gasteiger partial charge in [-0.05, 0) is 49.2 Å². The lowest BCUT2D eigenvalue weighted by molar-refractivity contribution is -0.125. The van der Waals surface area contributed by atoms with E-state index < -0.39 is 5.41 Å². The van der Waals surface area contributed by atoms with Crippen LogP contribution in [0.25, 0.3) is 0 Å². The molecule has 0 unspecified atom stereocenters. The first-order chi connectivity index (χ1) is 12.9. The van der Waals surface area contributed by atoms with Gasteiger partial charge in [-0.2, -0.15) is 0 Å². The monoisotopic (exact) mass is 369 g/mol. The molecule has 27 heavy (non-hydrogen) atoms. The molecule has 0 aliphatic carbocycles. The molecule has 1 aromatic carbocycles. The molecule has 1 N–H and O–H groups in total. The standard InChI is InChI=1S/C20H27N5O2/c1-20(19(26)21-15-5-7-16(27-4)8-6-15)11-13-25(14-12-20)18-10-9-17(22-23-18)24(2)3/h5-10H,11-14H2,1-4H3,(H,21,26). The maximum Gasteiger partial charge on any atom is 0.230 e. The molecule has 7 heteroatoms. The van der Waals surface area contributed by atoms with Crippen LogP contribution >= 0.6 is 0 Å². The van der Waals surface area contributed by atoms with Crippen molar-refractivity contribution in [2.75, 3.05) is 49.4 Å². The highest BCUT2D eigenvalue weighted by Gasteiger charge is 2.37. The number of piperidine rings is 1. The molecule has 3 rings (SSSR count). The van der Waals surface area contributed by atoms with Crippen molar-refractivity contribution in [2.45, 2.75) is 19.8 Å². The second-order valence-corrected chi connectivity index (χ2v) is 7.37. The van der Waals surface area contributed by atoms with Gasteiger partial charge >= 0.3 is 0 Å². The number of methoxy groups -OCH3 is 1. The van der Waals surface area contributed by atoms with Crippen LogP contribution < -0.4 is 19.9 Å². The minimum atomic E-state index is -0.395. The molecule has 2 heterocycles. The Hall–Kier alpha value is -2.83. The minimum absolute atomic E-state index is 0.0568. The van der Waals surface area contributed by atoms with Crippen molar-refractivity contribution in [2.24, 2.45) is 5.41 Å². The number of nitrogens with zero attached hydrogens (tertiary/aromatic N) is 4. The first-order valence-corrected chi connectivity index (χ1v) is 9.13. The number of carbonyl (C=O) groups excluding carboxylic acids is 1. The van der Waals surface area contributed by atoms with Crippen molar-refractivity contribution >= 4 is 23.2 Å². The molecule has 2 aromatic rings. The summed E-state index contributed by atoms with van der Waals surface area (Å²) in [6.45, 7) is 3.59. The number of hydrogen-bond acceptors (Lipinski definition) is 6. The second-order valence-electron chi connectivity index (χ2n) is 7.37. The SMILES string of the molecule is COc1ccc(NC(=O)C2(C)CCN(c3ccc(N(C)C)nn3)CC2)cc1. The molecule has 0 bridgehead atoms. The number of carbonyl (C=O) groups is 1. The Balaban J connectivity index is 1.59. The third-order valence-electron chi connectivity index (χ3n) is 5.18. The van der Waals surface area contributed by atoms with E-state index in [1.165, 1.54) is 0 Å². The summed E-state index contributed by atoms with van der Waals surface area (Å²) in [5, 5.41) is 11.6. The van der Waals surface area contributed by atoms with Gasteiger partial charge in [0.05, 0.1) is 12.5 Å². The average molecular weight is 369 g/mol. The number of hydrogen-bond donors (Lipinski definition) is 1. The summed E-state index contributed by atoms with van der Waals surface area (Å²) in [6, 6.07) is 11.4. The van der Waals surface area contributed by atoms with Gasteiger partial charge in [0, 0.05) is 32.9 Å². The quantitative estimate of drug-likeness (QED) is 0.874. The molecule has 1 amide bonds. The minimum Gasteiger partial charge on any atom is -0.497 e. The third-order valence-corrected chi connectivity index (χ3v) is 5.18. The number of benzene rings is 1. The fraction of sp³-hybridized carbons (Fsp3) is 0.450. The van der Waals surface area contributed by atoms with Crippen molar-refractivity contribution in [1.29, 1.82) is 0 Å². The molecular formula is C20H27N5O2. The molecule has 0 radical (unpaired) electrons. The molecule has 1 aliphatic heterocycles. The summed E-state index contributed by atoms with van der Waals surface area (Å²) < 4.78 is 5.15. The highest BCUT2D eigenvalue weighted by atomic mass is 16.5. The molecule has 1 fully saturated rings. The third kappa shape index (κ3) is 4.30. The van der Waals surface area contributed by atoms with Crippen molar-refractivity contribution in [3.05, 3.63) is 36.4 Å². The van der Waals surface area contributed by atoms with Gasteiger partial charge in [-0.1, -0.05) is 6.92 Å². The lowest BCUT2D eigenvalue weighted by atomic mass is 9.79. The van der Waals surface area contributed by atoms with E-state index in [0.717, 1.165) is 49.0 Å². The lowest BCUT2D eigenvalue weighted by Crippen LogP contribution is -2.45. The first kappa shape index (κ1) is 18.9. The van der Waals surface area contributed by atoms with Crippen molar-refractivity contribution in [3.8, 4) is 5.75 Å². The van der Waals surface area contributed by atoms with E-state index in [1.807, 2.05) is 62.3 Å². The molecule has 144 valence electrons. The molecule has 1 aliphatic rings. The van der Waals surface area contributed by atoms with Gasteiger partial charge in [0.2, 0.25) is 5.91 Å². The van der Waals surface area contributed by atoms with Crippen LogP contribution in [-0.2, 0) is 4.79 Å². The molecule has 0 atom stereocenters. The Bertz CT molecular complexity index is 766. The summed E-state index contributed by atoms with van der Waals surface area (Å²) in [7, 11) is 5.51. The Kier molecular flexibility index (Phi) is 5.48. The fourth-order valence-corrected chi connectivity index (χ4v) is 3.14. The van der Waals surface area contributed by atoms with Crippen molar-refractivity contribution < 1.29 is 9.53 Å². The van der Waals surface area contributed by atoms with Crippen LogP contribution in [0.2, 0.25) is 0 Å². The average Bonchev–Trinajstić information content (AvgIpc) is 2.69. The molecule has 1 aromatic heterocycles. The summed E-state index contributed by atoms with van der Waals surface area (Å²) in [6.07, 6.45) is 1.54. The van der Waals surface area contributed by atoms with Crippen LogP contribution in [0.3, 0.4) is 0 Å². The second kappa shape index (κ2) is 7.82. The molecule has 0 spiro atoms. The highest BCUT2D eigenvalue weighted by molar-refractivity contribution is 5.95. The normalized spacial score (nSPS) is 15.9. The Morgan fingerprint density at radius 3 is 2.30 bits per heavy atom. The van der Waals surface area contributed by atoms with Gasteiger partial charge in [0.15, 0.2) is 11.6 Å². The van der Waals surface area contributed by atoms with E-state index in [4.69, 9.17) is 4.74 Å². The molecule has 0 saturated carbocycles. The highest BCUT2D eigenvalue weighted by Crippen LogP contribution is 2.34. The van der Waals surface area contributed by atoms with E-state index in [1.54, 1.807) is 7.11 Å². The van der Waals surface area contributed by atoms with E-state index in [2.05, 4.69) is 20.4 Å². The zero-order valence-electron chi connectivity index (χ0n) is 16.4. The van der Waals surface area contributed by atoms with Crippen molar-refractivity contribution in [1.82, 2.24) is 10.2 Å². The summed E-state index contributed by atoms with van der Waals surface area (Å²) in [5.74, 6) is 2.52. The molecular weight excluding hydrogens is 342 g/mol. The predicted molar refractivity (Wildman–Crippen MR) is 108 cm³/mol. The Morgan fingerprint density at radius 2 is 1.78 bits per heavy atom. The number of rotatable bonds is 5. The van der Waals surface area contributed by atoms with Crippen LogP contribution in [-0.4, -0.2) is 50.4 Å². The lowest BCUT2D eigenvalue weighted by Gasteiger charge is -2.38. The summed E-state index contributed by atoms with van der Waals surface area (Å²) in [4.78, 5) is 16.9.